The van der Waals surface area contributed by atoms with Gasteiger partial charge in [-0.15, -0.1) is 0 Å². The van der Waals surface area contributed by atoms with Crippen molar-refractivity contribution in [3.63, 3.8) is 0 Å². The first kappa shape index (κ1) is 117. The molecule has 0 aromatic carbocycles. The topological polar surface area (TPSA) is 524 Å². The van der Waals surface area contributed by atoms with E-state index >= 15 is 4.79 Å². The Morgan fingerprint density at radius 2 is 0.712 bits per heavy atom. The number of carbonyl (C=O) groups is 7. The van der Waals surface area contributed by atoms with Crippen molar-refractivity contribution in [2.75, 3.05) is 19.8 Å². The predicted octanol–water partition coefficient (Wildman–Crippen LogP) is 13.1. The molecule has 33 nitrogen and oxygen atoms in total. The summed E-state index contributed by atoms with van der Waals surface area (Å²) in [7, 11) is -11.7. The van der Waals surface area contributed by atoms with E-state index in [9.17, 15) is 103 Å². The zero-order valence-electron chi connectivity index (χ0n) is 76.4. The second kappa shape index (κ2) is 71.9. The highest BCUT2D eigenvalue weighted by atomic mass is 31.2. The average Bonchev–Trinajstić information content (AvgIpc) is 0.777. The van der Waals surface area contributed by atoms with E-state index in [1.807, 2.05) is 0 Å². The molecule has 2 fully saturated rings. The number of phosphoric ester groups is 2. The minimum absolute atomic E-state index is 0.00986. The van der Waals surface area contributed by atoms with Crippen molar-refractivity contribution in [3.05, 3.63) is 0 Å². The molecular formula is C90H168N2O31P2. The largest absolute Gasteiger partial charge is 0.472 e. The van der Waals surface area contributed by atoms with E-state index in [0.29, 0.717) is 44.9 Å². The number of esters is 4. The van der Waals surface area contributed by atoms with Crippen LogP contribution in [0, 0.1) is 0 Å². The Morgan fingerprint density at radius 3 is 1.11 bits per heavy atom. The molecule has 15 N–H and O–H groups in total. The maximum Gasteiger partial charge on any atom is 0.472 e. The fourth-order valence-electron chi connectivity index (χ4n) is 15.9. The number of carbonyl (C=O) groups excluding carboxylic acids is 7. The molecule has 0 bridgehead atoms. The van der Waals surface area contributed by atoms with Gasteiger partial charge in [-0.3, -0.25) is 37.8 Å². The van der Waals surface area contributed by atoms with Gasteiger partial charge in [0.05, 0.1) is 63.3 Å². The second-order valence-electron chi connectivity index (χ2n) is 34.8. The minimum Gasteiger partial charge on any atom is -0.462 e. The van der Waals surface area contributed by atoms with Gasteiger partial charge in [0.1, 0.15) is 67.5 Å². The van der Waals surface area contributed by atoms with E-state index < -0.39 is 219 Å². The number of ketones is 1. The van der Waals surface area contributed by atoms with Crippen LogP contribution in [-0.4, -0.2) is 237 Å². The highest BCUT2D eigenvalue weighted by molar-refractivity contribution is 7.46. The normalized spacial score (nSPS) is 21.3. The molecule has 125 heavy (non-hydrogen) atoms. The van der Waals surface area contributed by atoms with Crippen LogP contribution in [-0.2, 0) is 84.9 Å². The molecule has 2 rings (SSSR count). The summed E-state index contributed by atoms with van der Waals surface area (Å²) < 4.78 is 79.2. The van der Waals surface area contributed by atoms with E-state index in [4.69, 9.17) is 42.2 Å². The highest BCUT2D eigenvalue weighted by Crippen LogP contribution is 2.44. The molecule has 35 heteroatoms. The summed E-state index contributed by atoms with van der Waals surface area (Å²) in [4.78, 5) is 142. The van der Waals surface area contributed by atoms with E-state index in [1.54, 1.807) is 0 Å². The number of rotatable bonds is 81. The van der Waals surface area contributed by atoms with Gasteiger partial charge < -0.3 is 109 Å². The lowest BCUT2D eigenvalue weighted by molar-refractivity contribution is -0.297. The van der Waals surface area contributed by atoms with Gasteiger partial charge in [0, 0.05) is 12.8 Å². The number of ether oxygens (including phenoxy) is 7. The molecule has 2 aliphatic heterocycles. The zero-order chi connectivity index (χ0) is 92.6. The van der Waals surface area contributed by atoms with Crippen molar-refractivity contribution in [3.8, 4) is 0 Å². The first-order valence-electron chi connectivity index (χ1n) is 48.1. The number of unbranched alkanes of at least 4 members (excludes halogenated alkanes) is 42. The number of Topliss-reactive ketones (excluding diaryl/α,β-unsaturated/α-hetero) is 1. The highest BCUT2D eigenvalue weighted by Gasteiger charge is 2.55. The summed E-state index contributed by atoms with van der Waals surface area (Å²) in [5.41, 5.74) is 0. The number of hydrogen-bond acceptors (Lipinski definition) is 27. The van der Waals surface area contributed by atoms with Gasteiger partial charge in [-0.25, -0.2) is 13.9 Å². The van der Waals surface area contributed by atoms with Crippen molar-refractivity contribution in [1.82, 2.24) is 10.6 Å². The van der Waals surface area contributed by atoms with Crippen LogP contribution in [0.15, 0.2) is 0 Å². The number of aliphatic hydroxyl groups is 9. The van der Waals surface area contributed by atoms with Gasteiger partial charge in [0.2, 0.25) is 17.6 Å². The van der Waals surface area contributed by atoms with Crippen LogP contribution >= 0.6 is 15.6 Å². The molecule has 2 amide bonds. The summed E-state index contributed by atoms with van der Waals surface area (Å²) >= 11 is 0. The van der Waals surface area contributed by atoms with E-state index in [0.717, 1.165) is 238 Å². The van der Waals surface area contributed by atoms with Crippen molar-refractivity contribution < 1.29 is 150 Å². The fourth-order valence-corrected chi connectivity index (χ4v) is 16.9. The third-order valence-electron chi connectivity index (χ3n) is 23.2. The predicted molar refractivity (Wildman–Crippen MR) is 469 cm³/mol. The molecule has 0 aromatic rings. The molecule has 734 valence electrons. The van der Waals surface area contributed by atoms with Crippen LogP contribution < -0.4 is 10.6 Å². The van der Waals surface area contributed by atoms with Crippen molar-refractivity contribution in [1.29, 1.82) is 0 Å². The molecular weight excluding hydrogens is 1670 g/mol. The molecule has 2 aliphatic rings. The van der Waals surface area contributed by atoms with E-state index in [1.165, 1.54) is 19.3 Å². The molecule has 2 saturated heterocycles. The molecule has 0 radical (unpaired) electrons. The van der Waals surface area contributed by atoms with Crippen molar-refractivity contribution in [2.24, 2.45) is 0 Å². The summed E-state index contributed by atoms with van der Waals surface area (Å²) in [6.45, 7) is 7.05. The maximum absolute atomic E-state index is 15.1. The Hall–Kier alpha value is -3.77. The van der Waals surface area contributed by atoms with Crippen LogP contribution in [0.2, 0.25) is 0 Å². The fraction of sp³-hybridized carbons (Fsp3) is 0.922. The van der Waals surface area contributed by atoms with Gasteiger partial charge in [-0.1, -0.05) is 324 Å². The minimum atomic E-state index is -5.95. The summed E-state index contributed by atoms with van der Waals surface area (Å²) in [5, 5.41) is 102. The van der Waals surface area contributed by atoms with E-state index in [-0.39, 0.29) is 32.1 Å². The van der Waals surface area contributed by atoms with E-state index in [2.05, 4.69) is 45.3 Å². The lowest BCUT2D eigenvalue weighted by Crippen LogP contribution is -2.68. The maximum atomic E-state index is 15.1. The lowest BCUT2D eigenvalue weighted by Gasteiger charge is -2.47. The molecule has 0 aromatic heterocycles. The molecule has 0 spiro atoms. The van der Waals surface area contributed by atoms with Crippen LogP contribution in [0.5, 0.6) is 0 Å². The number of phosphoric acid groups is 2. The standard InChI is InChI=1S/C90H168N2O31P2/c1-6-11-16-21-26-31-32-37-42-47-52-57-77(102)117-69(56-51-46-41-36-30-25-20-15-10-5)61-79(104)121-87-81(92-76(101)59-67(95)54-49-44-39-34-28-23-18-13-8-3)89(119-74(85(87)122-124(109,110)111)65-115-88(108)71(98)62-70(97)82(105)83(106)72(99)63-93)116-64-73-84(107)86(120-78(103)60-68(96)55-50-45-40-35-29-24-19-14-9-4)80(90(118-73)123-125(112,113)114)91-75(100)58-66(94)53-48-43-38-33-27-22-17-12-7-2/h66-70,72-74,80-87,89-90,93-97,99,105-107H,6-65H2,1-5H3,(H,91,100)(H,92,101)(H2,109,110,111)(H2,112,113,114)/t66-,67-,68-,69-,70-,72-,73-,74-,80-,81-,82-,83-,84-,85-,86-,87-,89-,90-/m1/s1. The van der Waals surface area contributed by atoms with Crippen molar-refractivity contribution >= 4 is 57.1 Å². The molecule has 0 unspecified atom stereocenters. The van der Waals surface area contributed by atoms with Crippen LogP contribution in [0.4, 0.5) is 0 Å². The molecule has 2 heterocycles. The number of aliphatic hydroxyl groups excluding tert-OH is 9. The molecule has 0 saturated carbocycles. The summed E-state index contributed by atoms with van der Waals surface area (Å²) in [5.74, 6) is -8.61. The quantitative estimate of drug-likeness (QED) is 0.00884. The molecule has 0 aliphatic carbocycles. The van der Waals surface area contributed by atoms with Crippen LogP contribution in [0.1, 0.15) is 401 Å². The van der Waals surface area contributed by atoms with Crippen molar-refractivity contribution in [2.45, 2.75) is 511 Å². The summed E-state index contributed by atoms with van der Waals surface area (Å²) in [6, 6.07) is -4.17. The zero-order valence-corrected chi connectivity index (χ0v) is 78.2. The van der Waals surface area contributed by atoms with Gasteiger partial charge in [0.25, 0.3) is 0 Å². The Bertz CT molecular complexity index is 2900. The first-order chi connectivity index (χ1) is 59.8. The summed E-state index contributed by atoms with van der Waals surface area (Å²) in [6.07, 6.45) is 8.95. The van der Waals surface area contributed by atoms with Gasteiger partial charge in [0.15, 0.2) is 24.8 Å². The Morgan fingerprint density at radius 1 is 0.368 bits per heavy atom. The lowest BCUT2D eigenvalue weighted by atomic mass is 9.95. The smallest absolute Gasteiger partial charge is 0.462 e. The van der Waals surface area contributed by atoms with Crippen LogP contribution in [0.3, 0.4) is 0 Å². The van der Waals surface area contributed by atoms with Gasteiger partial charge in [-0.2, -0.15) is 0 Å². The van der Waals surface area contributed by atoms with Crippen LogP contribution in [0.25, 0.3) is 0 Å². The Kier molecular flexibility index (Phi) is 67.4. The number of hydrogen-bond donors (Lipinski definition) is 15. The van der Waals surface area contributed by atoms with Gasteiger partial charge in [-0.05, 0) is 38.5 Å². The second-order valence-corrected chi connectivity index (χ2v) is 37.2. The Balaban J connectivity index is 2.96. The third-order valence-corrected chi connectivity index (χ3v) is 24.2. The van der Waals surface area contributed by atoms with Gasteiger partial charge >= 0.3 is 39.5 Å². The average molecular weight is 1840 g/mol. The third kappa shape index (κ3) is 57.3. The monoisotopic (exact) mass is 1840 g/mol. The number of nitrogens with one attached hydrogen (secondary N) is 2. The first-order valence-corrected chi connectivity index (χ1v) is 51.2. The Labute approximate surface area is 745 Å². The number of amides is 2. The molecule has 18 atom stereocenters. The SMILES string of the molecule is CCCCCCCCCCCCCC(=O)O[C@H](CCCCCCCCCCC)CC(=O)O[C@@H]1[C@@H](NC(=O)C[C@H](O)CCCCCCCCCCC)[C@H](OC[C@H]2O[C@H](OP(=O)(O)O)[C@H](NC(=O)C[C@H](O)CCCCCCCCCCC)[C@@H](OC(=O)C[C@H](O)CCCCCCCCCCC)[C@@H]2O)O[C@H](COC(=O)C(=O)C[C@@H](O)[C@@H](O)[C@H](O)[C@H](O)CO)[C@H]1OP(=O)(O)O.